The molecule has 2 aromatic heterocycles. The summed E-state index contributed by atoms with van der Waals surface area (Å²) in [6.07, 6.45) is 4.75. The van der Waals surface area contributed by atoms with Gasteiger partial charge in [0.05, 0.1) is 11.7 Å². The molecule has 4 heteroatoms. The van der Waals surface area contributed by atoms with Gasteiger partial charge in [0.15, 0.2) is 0 Å². The van der Waals surface area contributed by atoms with Crippen LogP contribution in [0.2, 0.25) is 0 Å². The Bertz CT molecular complexity index is 534. The molecule has 0 aromatic carbocycles. The van der Waals surface area contributed by atoms with Crippen molar-refractivity contribution in [2.75, 3.05) is 7.05 Å². The van der Waals surface area contributed by atoms with Gasteiger partial charge in [-0.15, -0.1) is 11.3 Å². The van der Waals surface area contributed by atoms with Crippen LogP contribution in [0.4, 0.5) is 0 Å². The molecule has 2 heterocycles. The fourth-order valence-corrected chi connectivity index (χ4v) is 3.23. The van der Waals surface area contributed by atoms with Crippen LogP contribution in [0, 0.1) is 13.8 Å². The Labute approximate surface area is 112 Å². The first-order valence-corrected chi connectivity index (χ1v) is 7.03. The maximum atomic E-state index is 4.75. The van der Waals surface area contributed by atoms with Gasteiger partial charge in [-0.3, -0.25) is 4.98 Å². The van der Waals surface area contributed by atoms with E-state index in [0.29, 0.717) is 0 Å². The number of hydrogen-bond acceptors (Lipinski definition) is 4. The first-order chi connectivity index (χ1) is 8.67. The molecule has 1 N–H and O–H groups in total. The van der Waals surface area contributed by atoms with Crippen LogP contribution in [0.3, 0.4) is 0 Å². The Morgan fingerprint density at radius 2 is 2.17 bits per heavy atom. The van der Waals surface area contributed by atoms with Gasteiger partial charge in [-0.1, -0.05) is 6.92 Å². The van der Waals surface area contributed by atoms with E-state index in [9.17, 15) is 0 Å². The predicted octanol–water partition coefficient (Wildman–Crippen LogP) is 3.03. The maximum absolute atomic E-state index is 4.75. The molecule has 0 aliphatic carbocycles. The molecular formula is C14H19N3S. The van der Waals surface area contributed by atoms with Gasteiger partial charge in [0.2, 0.25) is 0 Å². The van der Waals surface area contributed by atoms with Gasteiger partial charge in [0.1, 0.15) is 5.01 Å². The minimum absolute atomic E-state index is 0.141. The molecule has 1 unspecified atom stereocenters. The normalized spacial score (nSPS) is 12.7. The molecule has 0 fully saturated rings. The molecule has 0 spiro atoms. The highest BCUT2D eigenvalue weighted by Gasteiger charge is 2.19. The van der Waals surface area contributed by atoms with Gasteiger partial charge in [0.25, 0.3) is 0 Å². The largest absolute Gasteiger partial charge is 0.307 e. The molecule has 96 valence electrons. The van der Waals surface area contributed by atoms with Crippen molar-refractivity contribution >= 4 is 11.3 Å². The van der Waals surface area contributed by atoms with Crippen molar-refractivity contribution in [1.82, 2.24) is 15.3 Å². The summed E-state index contributed by atoms with van der Waals surface area (Å²) in [4.78, 5) is 10.3. The number of pyridine rings is 1. The third-order valence-corrected chi connectivity index (χ3v) is 4.25. The lowest BCUT2D eigenvalue weighted by molar-refractivity contribution is 0.676. The molecule has 0 saturated heterocycles. The van der Waals surface area contributed by atoms with E-state index in [-0.39, 0.29) is 6.04 Å². The molecule has 0 saturated carbocycles. The van der Waals surface area contributed by atoms with E-state index in [0.717, 1.165) is 11.4 Å². The summed E-state index contributed by atoms with van der Waals surface area (Å²) in [5.41, 5.74) is 3.66. The van der Waals surface area contributed by atoms with Gasteiger partial charge >= 0.3 is 0 Å². The van der Waals surface area contributed by atoms with Gasteiger partial charge in [0, 0.05) is 17.3 Å². The Balaban J connectivity index is 2.42. The third kappa shape index (κ3) is 2.44. The van der Waals surface area contributed by atoms with Crippen LogP contribution in [0.25, 0.3) is 0 Å². The van der Waals surface area contributed by atoms with Crippen LogP contribution < -0.4 is 5.32 Å². The molecule has 3 nitrogen and oxygen atoms in total. The van der Waals surface area contributed by atoms with Crippen molar-refractivity contribution in [1.29, 1.82) is 0 Å². The Morgan fingerprint density at radius 3 is 2.72 bits per heavy atom. The minimum Gasteiger partial charge on any atom is -0.307 e. The zero-order chi connectivity index (χ0) is 13.1. The van der Waals surface area contributed by atoms with Crippen molar-refractivity contribution in [2.24, 2.45) is 0 Å². The number of nitrogens with zero attached hydrogens (tertiary/aromatic N) is 2. The van der Waals surface area contributed by atoms with Crippen LogP contribution in [0.5, 0.6) is 0 Å². The molecule has 2 rings (SSSR count). The molecular weight excluding hydrogens is 242 g/mol. The average molecular weight is 261 g/mol. The molecule has 0 amide bonds. The minimum atomic E-state index is 0.141. The number of rotatable bonds is 4. The molecule has 0 bridgehead atoms. The Hall–Kier alpha value is -1.26. The standard InChI is InChI=1S/C14H19N3S/c1-5-12-10(3)18-14(17-12)13(15-4)11-8-16-7-6-9(11)2/h6-8,13,15H,5H2,1-4H3. The summed E-state index contributed by atoms with van der Waals surface area (Å²) >= 11 is 1.77. The van der Waals surface area contributed by atoms with Crippen LogP contribution in [-0.2, 0) is 6.42 Å². The van der Waals surface area contributed by atoms with E-state index in [1.807, 2.05) is 25.5 Å². The van der Waals surface area contributed by atoms with Gasteiger partial charge in [-0.2, -0.15) is 0 Å². The monoisotopic (exact) mass is 261 g/mol. The van der Waals surface area contributed by atoms with E-state index < -0.39 is 0 Å². The van der Waals surface area contributed by atoms with Gasteiger partial charge < -0.3 is 5.32 Å². The zero-order valence-electron chi connectivity index (χ0n) is 11.3. The maximum Gasteiger partial charge on any atom is 0.115 e. The van der Waals surface area contributed by atoms with Crippen LogP contribution >= 0.6 is 11.3 Å². The number of thiazole rings is 1. The quantitative estimate of drug-likeness (QED) is 0.919. The number of hydrogen-bond donors (Lipinski definition) is 1. The zero-order valence-corrected chi connectivity index (χ0v) is 12.1. The predicted molar refractivity (Wildman–Crippen MR) is 76.1 cm³/mol. The lowest BCUT2D eigenvalue weighted by Crippen LogP contribution is -2.18. The highest BCUT2D eigenvalue weighted by molar-refractivity contribution is 7.11. The van der Waals surface area contributed by atoms with E-state index in [2.05, 4.69) is 31.1 Å². The van der Waals surface area contributed by atoms with E-state index >= 15 is 0 Å². The highest BCUT2D eigenvalue weighted by Crippen LogP contribution is 2.29. The molecule has 18 heavy (non-hydrogen) atoms. The second kappa shape index (κ2) is 5.59. The topological polar surface area (TPSA) is 37.8 Å². The van der Waals surface area contributed by atoms with Crippen LogP contribution in [0.15, 0.2) is 18.5 Å². The molecule has 0 aliphatic rings. The third-order valence-electron chi connectivity index (χ3n) is 3.17. The summed E-state index contributed by atoms with van der Waals surface area (Å²) in [5, 5.41) is 4.48. The smallest absolute Gasteiger partial charge is 0.115 e. The summed E-state index contributed by atoms with van der Waals surface area (Å²) in [5.74, 6) is 0. The molecule has 1 atom stereocenters. The van der Waals surface area contributed by atoms with Gasteiger partial charge in [-0.25, -0.2) is 4.98 Å². The lowest BCUT2D eigenvalue weighted by Gasteiger charge is -2.15. The summed E-state index contributed by atoms with van der Waals surface area (Å²) in [6.45, 7) is 6.40. The van der Waals surface area contributed by atoms with Crippen LogP contribution in [-0.4, -0.2) is 17.0 Å². The van der Waals surface area contributed by atoms with Crippen molar-refractivity contribution in [3.63, 3.8) is 0 Å². The summed E-state index contributed by atoms with van der Waals surface area (Å²) < 4.78 is 0. The van der Waals surface area contributed by atoms with Crippen molar-refractivity contribution in [3.05, 3.63) is 45.2 Å². The fourth-order valence-electron chi connectivity index (χ4n) is 2.09. The fraction of sp³-hybridized carbons (Fsp3) is 0.429. The second-order valence-corrected chi connectivity index (χ2v) is 5.60. The Kier molecular flexibility index (Phi) is 4.09. The first kappa shape index (κ1) is 13.2. The number of aryl methyl sites for hydroxylation is 3. The SMILES string of the molecule is CCc1nc(C(NC)c2cnccc2C)sc1C. The molecule has 0 aliphatic heterocycles. The van der Waals surface area contributed by atoms with E-state index in [4.69, 9.17) is 4.98 Å². The molecule has 2 aromatic rings. The second-order valence-electron chi connectivity index (χ2n) is 4.36. The Morgan fingerprint density at radius 1 is 1.39 bits per heavy atom. The van der Waals surface area contributed by atoms with Crippen molar-refractivity contribution in [3.8, 4) is 0 Å². The van der Waals surface area contributed by atoms with Crippen molar-refractivity contribution < 1.29 is 0 Å². The lowest BCUT2D eigenvalue weighted by atomic mass is 10.0. The van der Waals surface area contributed by atoms with Crippen molar-refractivity contribution in [2.45, 2.75) is 33.2 Å². The highest BCUT2D eigenvalue weighted by atomic mass is 32.1. The van der Waals surface area contributed by atoms with E-state index in [1.54, 1.807) is 11.3 Å². The summed E-state index contributed by atoms with van der Waals surface area (Å²) in [7, 11) is 1.97. The first-order valence-electron chi connectivity index (χ1n) is 6.21. The summed E-state index contributed by atoms with van der Waals surface area (Å²) in [6, 6.07) is 2.18. The number of nitrogens with one attached hydrogen (secondary N) is 1. The van der Waals surface area contributed by atoms with Crippen LogP contribution in [0.1, 0.15) is 39.7 Å². The molecule has 0 radical (unpaired) electrons. The number of aromatic nitrogens is 2. The van der Waals surface area contributed by atoms with Gasteiger partial charge in [-0.05, 0) is 44.5 Å². The van der Waals surface area contributed by atoms with E-state index in [1.165, 1.54) is 21.7 Å². The average Bonchev–Trinajstić information content (AvgIpc) is 2.74.